The Labute approximate surface area is 187 Å². The molecule has 2 heterocycles. The summed E-state index contributed by atoms with van der Waals surface area (Å²) in [6.45, 7) is 17.5. The summed E-state index contributed by atoms with van der Waals surface area (Å²) in [5, 5.41) is 20.5. The van der Waals surface area contributed by atoms with Gasteiger partial charge in [0.2, 0.25) is 0 Å². The topological polar surface area (TPSA) is 59.8 Å². The molecule has 0 amide bonds. The Hall–Kier alpha value is -1.95. The predicted molar refractivity (Wildman–Crippen MR) is 127 cm³/mol. The highest BCUT2D eigenvalue weighted by Gasteiger charge is 2.32. The van der Waals surface area contributed by atoms with Crippen molar-refractivity contribution in [1.29, 1.82) is 0 Å². The van der Waals surface area contributed by atoms with Crippen LogP contribution in [-0.2, 0) is 10.8 Å². The first kappa shape index (κ1) is 23.7. The van der Waals surface area contributed by atoms with Gasteiger partial charge in [-0.3, -0.25) is 14.8 Å². The van der Waals surface area contributed by atoms with E-state index in [4.69, 9.17) is 4.98 Å². The number of pyridine rings is 1. The molecular formula is C26H39N3O2. The first-order chi connectivity index (χ1) is 14.5. The second-order valence-electron chi connectivity index (χ2n) is 10.7. The zero-order chi connectivity index (χ0) is 22.8. The summed E-state index contributed by atoms with van der Waals surface area (Å²) in [5.74, 6) is 0.413. The molecule has 31 heavy (non-hydrogen) atoms. The largest absolute Gasteiger partial charge is 0.507 e. The Bertz CT molecular complexity index is 825. The van der Waals surface area contributed by atoms with E-state index in [9.17, 15) is 10.2 Å². The number of benzene rings is 1. The smallest absolute Gasteiger partial charge is 0.123 e. The number of hydrogen-bond acceptors (Lipinski definition) is 5. The van der Waals surface area contributed by atoms with Crippen molar-refractivity contribution in [3.63, 3.8) is 0 Å². The molecule has 0 spiro atoms. The third-order valence-electron chi connectivity index (χ3n) is 6.22. The number of aliphatic hydroxyl groups excluding tert-OH is 1. The first-order valence-corrected chi connectivity index (χ1v) is 11.4. The Morgan fingerprint density at radius 3 is 1.97 bits per heavy atom. The molecule has 0 radical (unpaired) electrons. The van der Waals surface area contributed by atoms with Gasteiger partial charge in [-0.2, -0.15) is 0 Å². The van der Waals surface area contributed by atoms with Crippen LogP contribution in [0, 0.1) is 0 Å². The Morgan fingerprint density at radius 2 is 1.52 bits per heavy atom. The third kappa shape index (κ3) is 5.46. The van der Waals surface area contributed by atoms with Crippen LogP contribution >= 0.6 is 0 Å². The van der Waals surface area contributed by atoms with E-state index in [2.05, 4.69) is 69.5 Å². The standard InChI is InChI=1S/C26H39N3O2/c1-25(2,3)20-17-19(18-21(24(20)31)26(4,5)6)23(22-9-7-8-10-27-22)29-13-11-28(12-14-29)15-16-30/h7-10,17-18,23,30-31H,11-16H2,1-6H3/t23-/m1/s1. The molecule has 3 rings (SSSR count). The van der Waals surface area contributed by atoms with Crippen LogP contribution in [0.1, 0.15) is 70.0 Å². The zero-order valence-corrected chi connectivity index (χ0v) is 20.0. The Morgan fingerprint density at radius 1 is 0.935 bits per heavy atom. The van der Waals surface area contributed by atoms with Crippen LogP contribution in [0.3, 0.4) is 0 Å². The van der Waals surface area contributed by atoms with Crippen molar-refractivity contribution >= 4 is 0 Å². The lowest BCUT2D eigenvalue weighted by atomic mass is 9.77. The van der Waals surface area contributed by atoms with Crippen molar-refractivity contribution in [3.05, 3.63) is 58.9 Å². The zero-order valence-electron chi connectivity index (χ0n) is 20.0. The highest BCUT2D eigenvalue weighted by Crippen LogP contribution is 2.42. The maximum absolute atomic E-state index is 11.2. The number of hydrogen-bond donors (Lipinski definition) is 2. The lowest BCUT2D eigenvalue weighted by Gasteiger charge is -2.40. The number of nitrogens with zero attached hydrogens (tertiary/aromatic N) is 3. The number of phenolic OH excluding ortho intramolecular Hbond substituents is 1. The van der Waals surface area contributed by atoms with Gasteiger partial charge in [0.05, 0.1) is 18.3 Å². The molecule has 1 fully saturated rings. The number of aromatic nitrogens is 1. The van der Waals surface area contributed by atoms with Crippen molar-refractivity contribution in [3.8, 4) is 5.75 Å². The highest BCUT2D eigenvalue weighted by atomic mass is 16.3. The lowest BCUT2D eigenvalue weighted by Crippen LogP contribution is -2.48. The van der Waals surface area contributed by atoms with Gasteiger partial charge in [-0.25, -0.2) is 0 Å². The van der Waals surface area contributed by atoms with Gasteiger partial charge >= 0.3 is 0 Å². The molecular weight excluding hydrogens is 386 g/mol. The number of rotatable bonds is 5. The number of aliphatic hydroxyl groups is 1. The molecule has 0 aliphatic carbocycles. The van der Waals surface area contributed by atoms with Crippen LogP contribution in [0.4, 0.5) is 0 Å². The molecule has 0 saturated carbocycles. The fourth-order valence-electron chi connectivity index (χ4n) is 4.45. The molecule has 170 valence electrons. The monoisotopic (exact) mass is 425 g/mol. The molecule has 0 unspecified atom stereocenters. The van der Waals surface area contributed by atoms with Crippen molar-refractivity contribution in [2.24, 2.45) is 0 Å². The molecule has 1 aliphatic heterocycles. The van der Waals surface area contributed by atoms with Crippen molar-refractivity contribution in [2.75, 3.05) is 39.3 Å². The number of piperazine rings is 1. The van der Waals surface area contributed by atoms with Crippen LogP contribution in [0.2, 0.25) is 0 Å². The van der Waals surface area contributed by atoms with Crippen molar-refractivity contribution < 1.29 is 10.2 Å². The van der Waals surface area contributed by atoms with E-state index in [1.165, 1.54) is 5.56 Å². The number of β-amino-alcohol motifs (C(OH)–C–C–N with tert-alkyl or cyclic N) is 1. The van der Waals surface area contributed by atoms with E-state index in [0.717, 1.165) is 49.5 Å². The van der Waals surface area contributed by atoms with E-state index in [1.807, 2.05) is 18.3 Å². The maximum Gasteiger partial charge on any atom is 0.123 e. The SMILES string of the molecule is CC(C)(C)c1cc([C@H](c2ccccn2)N2CCN(CCO)CC2)cc(C(C)(C)C)c1O. The normalized spacial score (nSPS) is 17.6. The van der Waals surface area contributed by atoms with Gasteiger partial charge in [0.15, 0.2) is 0 Å². The average molecular weight is 426 g/mol. The Kier molecular flexibility index (Phi) is 7.09. The van der Waals surface area contributed by atoms with E-state index >= 15 is 0 Å². The van der Waals surface area contributed by atoms with Gasteiger partial charge in [-0.15, -0.1) is 0 Å². The van der Waals surface area contributed by atoms with Gasteiger partial charge in [-0.1, -0.05) is 47.6 Å². The molecule has 1 atom stereocenters. The fraction of sp³-hybridized carbons (Fsp3) is 0.577. The summed E-state index contributed by atoms with van der Waals surface area (Å²) >= 11 is 0. The van der Waals surface area contributed by atoms with Crippen molar-refractivity contribution in [2.45, 2.75) is 58.4 Å². The maximum atomic E-state index is 11.2. The van der Waals surface area contributed by atoms with Gasteiger partial charge in [-0.05, 0) is 51.8 Å². The van der Waals surface area contributed by atoms with Gasteiger partial charge in [0.1, 0.15) is 5.75 Å². The van der Waals surface area contributed by atoms with Gasteiger partial charge in [0, 0.05) is 38.9 Å². The number of aromatic hydroxyl groups is 1. The molecule has 1 saturated heterocycles. The second kappa shape index (κ2) is 9.27. The molecule has 2 N–H and O–H groups in total. The Balaban J connectivity index is 2.11. The van der Waals surface area contributed by atoms with Crippen LogP contribution in [0.25, 0.3) is 0 Å². The summed E-state index contributed by atoms with van der Waals surface area (Å²) in [6, 6.07) is 10.5. The first-order valence-electron chi connectivity index (χ1n) is 11.4. The summed E-state index contributed by atoms with van der Waals surface area (Å²) in [6.07, 6.45) is 1.86. The summed E-state index contributed by atoms with van der Waals surface area (Å²) < 4.78 is 0. The molecule has 1 aliphatic rings. The van der Waals surface area contributed by atoms with Crippen LogP contribution in [-0.4, -0.2) is 64.3 Å². The lowest BCUT2D eigenvalue weighted by molar-refractivity contribution is 0.0933. The summed E-state index contributed by atoms with van der Waals surface area (Å²) in [4.78, 5) is 9.53. The quantitative estimate of drug-likeness (QED) is 0.756. The van der Waals surface area contributed by atoms with E-state index in [0.29, 0.717) is 5.75 Å². The summed E-state index contributed by atoms with van der Waals surface area (Å²) in [7, 11) is 0. The average Bonchev–Trinajstić information content (AvgIpc) is 2.70. The van der Waals surface area contributed by atoms with Crippen molar-refractivity contribution in [1.82, 2.24) is 14.8 Å². The van der Waals surface area contributed by atoms with Crippen LogP contribution in [0.15, 0.2) is 36.5 Å². The highest BCUT2D eigenvalue weighted by molar-refractivity contribution is 5.51. The third-order valence-corrected chi connectivity index (χ3v) is 6.22. The van der Waals surface area contributed by atoms with E-state index in [1.54, 1.807) is 0 Å². The van der Waals surface area contributed by atoms with E-state index < -0.39 is 0 Å². The van der Waals surface area contributed by atoms with E-state index in [-0.39, 0.29) is 23.5 Å². The molecule has 1 aromatic heterocycles. The van der Waals surface area contributed by atoms with Crippen LogP contribution < -0.4 is 0 Å². The fourth-order valence-corrected chi connectivity index (χ4v) is 4.45. The number of phenols is 1. The van der Waals surface area contributed by atoms with Gasteiger partial charge < -0.3 is 10.2 Å². The minimum atomic E-state index is -0.172. The van der Waals surface area contributed by atoms with Crippen LogP contribution in [0.5, 0.6) is 5.75 Å². The molecule has 5 heteroatoms. The molecule has 2 aromatic rings. The second-order valence-corrected chi connectivity index (χ2v) is 10.7. The molecule has 0 bridgehead atoms. The van der Waals surface area contributed by atoms with Gasteiger partial charge in [0.25, 0.3) is 0 Å². The predicted octanol–water partition coefficient (Wildman–Crippen LogP) is 4.08. The minimum Gasteiger partial charge on any atom is -0.507 e. The molecule has 5 nitrogen and oxygen atoms in total. The summed E-state index contributed by atoms with van der Waals surface area (Å²) in [5.41, 5.74) is 3.83. The molecule has 1 aromatic carbocycles. The minimum absolute atomic E-state index is 0.0280.